The van der Waals surface area contributed by atoms with E-state index >= 15 is 0 Å². The smallest absolute Gasteiger partial charge is 0.417 e. The second kappa shape index (κ2) is 7.75. The number of alkyl halides is 3. The van der Waals surface area contributed by atoms with Crippen molar-refractivity contribution in [2.24, 2.45) is 0 Å². The number of halogens is 4. The standard InChI is InChI=1S/C18H16ClF3N2O4S/c1-29(26,27)24-9-8-16(28-15-5-3-2-4-14(15)24)17(25)23-11-6-7-13(19)12(10-11)18(20,21)22/h2-7,10,16H,8-9H2,1H3,(H,23,25)/t16-/m0/s1. The summed E-state index contributed by atoms with van der Waals surface area (Å²) in [5.41, 5.74) is -0.892. The van der Waals surface area contributed by atoms with Crippen LogP contribution in [0.2, 0.25) is 5.02 Å². The summed E-state index contributed by atoms with van der Waals surface area (Å²) in [5.74, 6) is -0.520. The van der Waals surface area contributed by atoms with Gasteiger partial charge < -0.3 is 10.1 Å². The molecule has 3 rings (SSSR count). The van der Waals surface area contributed by atoms with Crippen LogP contribution in [0, 0.1) is 0 Å². The van der Waals surface area contributed by atoms with Crippen LogP contribution in [0.25, 0.3) is 0 Å². The molecular formula is C18H16ClF3N2O4S. The lowest BCUT2D eigenvalue weighted by Crippen LogP contribution is -2.36. The Hall–Kier alpha value is -2.46. The molecule has 0 spiro atoms. The van der Waals surface area contributed by atoms with Crippen molar-refractivity contribution in [3.63, 3.8) is 0 Å². The molecule has 1 heterocycles. The quantitative estimate of drug-likeness (QED) is 0.772. The monoisotopic (exact) mass is 448 g/mol. The van der Waals surface area contributed by atoms with E-state index in [1.165, 1.54) is 12.1 Å². The van der Waals surface area contributed by atoms with Crippen molar-refractivity contribution in [2.75, 3.05) is 22.4 Å². The van der Waals surface area contributed by atoms with E-state index in [1.807, 2.05) is 0 Å². The van der Waals surface area contributed by atoms with Crippen molar-refractivity contribution in [3.8, 4) is 5.75 Å². The molecule has 1 N–H and O–H groups in total. The Balaban J connectivity index is 1.85. The molecule has 0 saturated heterocycles. The first kappa shape index (κ1) is 21.3. The molecule has 6 nitrogen and oxygen atoms in total. The Kier molecular flexibility index (Phi) is 5.68. The zero-order valence-electron chi connectivity index (χ0n) is 15.0. The number of anilines is 2. The first-order chi connectivity index (χ1) is 13.5. The average molecular weight is 449 g/mol. The van der Waals surface area contributed by atoms with E-state index < -0.39 is 38.8 Å². The maximum absolute atomic E-state index is 13.0. The maximum atomic E-state index is 13.0. The molecule has 11 heteroatoms. The number of para-hydroxylation sites is 2. The Bertz CT molecular complexity index is 1040. The van der Waals surface area contributed by atoms with Crippen LogP contribution in [-0.4, -0.2) is 33.2 Å². The minimum Gasteiger partial charge on any atom is -0.478 e. The number of benzene rings is 2. The second-order valence-electron chi connectivity index (χ2n) is 6.38. The van der Waals surface area contributed by atoms with Gasteiger partial charge in [0.2, 0.25) is 10.0 Å². The molecule has 156 valence electrons. The van der Waals surface area contributed by atoms with Crippen LogP contribution in [0.3, 0.4) is 0 Å². The number of rotatable bonds is 3. The van der Waals surface area contributed by atoms with Crippen molar-refractivity contribution < 1.29 is 31.1 Å². The Morgan fingerprint density at radius 1 is 1.24 bits per heavy atom. The zero-order chi connectivity index (χ0) is 21.4. The fraction of sp³-hybridized carbons (Fsp3) is 0.278. The highest BCUT2D eigenvalue weighted by Crippen LogP contribution is 2.37. The fourth-order valence-corrected chi connectivity index (χ4v) is 4.07. The number of hydrogen-bond donors (Lipinski definition) is 1. The third kappa shape index (κ3) is 4.76. The summed E-state index contributed by atoms with van der Waals surface area (Å²) in [6, 6.07) is 9.32. The van der Waals surface area contributed by atoms with Gasteiger partial charge in [0, 0.05) is 18.7 Å². The molecule has 0 unspecified atom stereocenters. The SMILES string of the molecule is CS(=O)(=O)N1CC[C@@H](C(=O)Nc2ccc(Cl)c(C(F)(F)F)c2)Oc2ccccc21. The first-order valence-corrected chi connectivity index (χ1v) is 10.6. The summed E-state index contributed by atoms with van der Waals surface area (Å²) in [4.78, 5) is 12.6. The molecule has 0 aliphatic carbocycles. The third-order valence-electron chi connectivity index (χ3n) is 4.23. The van der Waals surface area contributed by atoms with Crippen LogP contribution in [-0.2, 0) is 21.0 Å². The second-order valence-corrected chi connectivity index (χ2v) is 8.69. The summed E-state index contributed by atoms with van der Waals surface area (Å²) in [6.45, 7) is -0.0254. The summed E-state index contributed by atoms with van der Waals surface area (Å²) in [5, 5.41) is 1.89. The van der Waals surface area contributed by atoms with Gasteiger partial charge in [0.15, 0.2) is 6.10 Å². The summed E-state index contributed by atoms with van der Waals surface area (Å²) in [6.07, 6.45) is -4.73. The summed E-state index contributed by atoms with van der Waals surface area (Å²) in [7, 11) is -3.62. The summed E-state index contributed by atoms with van der Waals surface area (Å²) >= 11 is 5.58. The average Bonchev–Trinajstić information content (AvgIpc) is 2.82. The van der Waals surface area contributed by atoms with Crippen molar-refractivity contribution >= 4 is 38.9 Å². The van der Waals surface area contributed by atoms with E-state index in [-0.39, 0.29) is 30.1 Å². The van der Waals surface area contributed by atoms with Gasteiger partial charge in [-0.05, 0) is 30.3 Å². The molecule has 0 saturated carbocycles. The first-order valence-electron chi connectivity index (χ1n) is 8.38. The van der Waals surface area contributed by atoms with Crippen LogP contribution in [0.4, 0.5) is 24.5 Å². The number of carbonyl (C=O) groups is 1. The van der Waals surface area contributed by atoms with Gasteiger partial charge in [0.25, 0.3) is 5.91 Å². The van der Waals surface area contributed by atoms with Gasteiger partial charge in [-0.3, -0.25) is 9.10 Å². The third-order valence-corrected chi connectivity index (χ3v) is 5.74. The fourth-order valence-electron chi connectivity index (χ4n) is 2.90. The predicted molar refractivity (Wildman–Crippen MR) is 103 cm³/mol. The molecule has 2 aromatic rings. The van der Waals surface area contributed by atoms with E-state index in [0.717, 1.165) is 22.7 Å². The highest BCUT2D eigenvalue weighted by atomic mass is 35.5. The molecule has 29 heavy (non-hydrogen) atoms. The molecule has 1 aliphatic rings. The highest BCUT2D eigenvalue weighted by molar-refractivity contribution is 7.92. The Labute approximate surface area is 170 Å². The lowest BCUT2D eigenvalue weighted by atomic mass is 10.1. The van der Waals surface area contributed by atoms with E-state index in [4.69, 9.17) is 16.3 Å². The summed E-state index contributed by atoms with van der Waals surface area (Å²) < 4.78 is 70.0. The van der Waals surface area contributed by atoms with Gasteiger partial charge in [-0.25, -0.2) is 8.42 Å². The maximum Gasteiger partial charge on any atom is 0.417 e. The lowest BCUT2D eigenvalue weighted by Gasteiger charge is -2.20. The molecule has 0 radical (unpaired) electrons. The largest absolute Gasteiger partial charge is 0.478 e. The van der Waals surface area contributed by atoms with Crippen LogP contribution in [0.15, 0.2) is 42.5 Å². The van der Waals surface area contributed by atoms with E-state index in [2.05, 4.69) is 5.32 Å². The van der Waals surface area contributed by atoms with Crippen LogP contribution in [0.1, 0.15) is 12.0 Å². The number of hydrogen-bond acceptors (Lipinski definition) is 4. The highest BCUT2D eigenvalue weighted by Gasteiger charge is 2.34. The number of carbonyl (C=O) groups excluding carboxylic acids is 1. The Morgan fingerprint density at radius 2 is 1.93 bits per heavy atom. The molecule has 0 fully saturated rings. The number of nitrogens with zero attached hydrogens (tertiary/aromatic N) is 1. The number of fused-ring (bicyclic) bond motifs is 1. The molecule has 0 bridgehead atoms. The van der Waals surface area contributed by atoms with Crippen LogP contribution < -0.4 is 14.4 Å². The molecule has 1 amide bonds. The lowest BCUT2D eigenvalue weighted by molar-refractivity contribution is -0.137. The predicted octanol–water partition coefficient (Wildman–Crippen LogP) is 3.91. The number of nitrogens with one attached hydrogen (secondary N) is 1. The number of ether oxygens (including phenoxy) is 1. The number of amides is 1. The number of sulfonamides is 1. The molecular weight excluding hydrogens is 433 g/mol. The van der Waals surface area contributed by atoms with E-state index in [0.29, 0.717) is 0 Å². The van der Waals surface area contributed by atoms with Crippen molar-refractivity contribution in [1.82, 2.24) is 0 Å². The Morgan fingerprint density at radius 3 is 2.59 bits per heavy atom. The van der Waals surface area contributed by atoms with Crippen molar-refractivity contribution in [1.29, 1.82) is 0 Å². The molecule has 2 aromatic carbocycles. The van der Waals surface area contributed by atoms with E-state index in [1.54, 1.807) is 18.2 Å². The van der Waals surface area contributed by atoms with Gasteiger partial charge in [-0.15, -0.1) is 0 Å². The van der Waals surface area contributed by atoms with Gasteiger partial charge in [0.1, 0.15) is 5.75 Å². The van der Waals surface area contributed by atoms with Crippen LogP contribution in [0.5, 0.6) is 5.75 Å². The molecule has 1 atom stereocenters. The van der Waals surface area contributed by atoms with Gasteiger partial charge in [-0.1, -0.05) is 23.7 Å². The normalized spacial score (nSPS) is 17.1. The molecule has 1 aliphatic heterocycles. The topological polar surface area (TPSA) is 75.7 Å². The van der Waals surface area contributed by atoms with Crippen molar-refractivity contribution in [2.45, 2.75) is 18.7 Å². The van der Waals surface area contributed by atoms with Gasteiger partial charge in [-0.2, -0.15) is 13.2 Å². The van der Waals surface area contributed by atoms with Crippen LogP contribution >= 0.6 is 11.6 Å². The molecule has 0 aromatic heterocycles. The minimum atomic E-state index is -4.68. The van der Waals surface area contributed by atoms with Gasteiger partial charge >= 0.3 is 6.18 Å². The van der Waals surface area contributed by atoms with E-state index in [9.17, 15) is 26.4 Å². The minimum absolute atomic E-state index is 0.00724. The van der Waals surface area contributed by atoms with Crippen molar-refractivity contribution in [3.05, 3.63) is 53.1 Å². The zero-order valence-corrected chi connectivity index (χ0v) is 16.6. The van der Waals surface area contributed by atoms with Gasteiger partial charge in [0.05, 0.1) is 22.5 Å².